The molecular formula is C19H20N2O2. The first-order chi connectivity index (χ1) is 11.1. The summed E-state index contributed by atoms with van der Waals surface area (Å²) in [6.07, 6.45) is 3.59. The zero-order valence-electron chi connectivity index (χ0n) is 13.1. The van der Waals surface area contributed by atoms with Crippen LogP contribution in [0.1, 0.15) is 29.3 Å². The second-order valence-corrected chi connectivity index (χ2v) is 5.67. The van der Waals surface area contributed by atoms with Gasteiger partial charge in [-0.1, -0.05) is 37.3 Å². The van der Waals surface area contributed by atoms with Crippen molar-refractivity contribution in [1.29, 1.82) is 0 Å². The average molecular weight is 308 g/mol. The molecule has 4 heteroatoms. The summed E-state index contributed by atoms with van der Waals surface area (Å²) in [5, 5.41) is 10.3. The van der Waals surface area contributed by atoms with Gasteiger partial charge in [0.2, 0.25) is 5.91 Å². The Bertz CT molecular complexity index is 851. The van der Waals surface area contributed by atoms with Crippen molar-refractivity contribution in [2.24, 2.45) is 5.73 Å². The summed E-state index contributed by atoms with van der Waals surface area (Å²) < 4.78 is 1.99. The standard InChI is InChI=1S/C19H20N2O2/c1-2-14-15(12-18(20)23)19-17(22)9-6-10-21(19)16(14)11-13-7-4-3-5-8-13/h3-10,22H,2,11-12H2,1H3,(H2,20,23). The zero-order valence-corrected chi connectivity index (χ0v) is 13.1. The monoisotopic (exact) mass is 308 g/mol. The van der Waals surface area contributed by atoms with Crippen molar-refractivity contribution >= 4 is 11.4 Å². The fourth-order valence-electron chi connectivity index (χ4n) is 3.25. The van der Waals surface area contributed by atoms with Gasteiger partial charge in [0, 0.05) is 18.3 Å². The highest BCUT2D eigenvalue weighted by atomic mass is 16.3. The van der Waals surface area contributed by atoms with Gasteiger partial charge in [-0.25, -0.2) is 0 Å². The van der Waals surface area contributed by atoms with Crippen molar-refractivity contribution in [3.63, 3.8) is 0 Å². The average Bonchev–Trinajstić information content (AvgIpc) is 2.82. The molecule has 4 nitrogen and oxygen atoms in total. The fraction of sp³-hybridized carbons (Fsp3) is 0.211. The Morgan fingerprint density at radius 1 is 1.13 bits per heavy atom. The Labute approximate surface area is 135 Å². The van der Waals surface area contributed by atoms with Gasteiger partial charge in [0.15, 0.2) is 0 Å². The van der Waals surface area contributed by atoms with Gasteiger partial charge in [0.1, 0.15) is 5.75 Å². The number of primary amides is 1. The van der Waals surface area contributed by atoms with Crippen molar-refractivity contribution < 1.29 is 9.90 Å². The number of hydrogen-bond acceptors (Lipinski definition) is 2. The highest BCUT2D eigenvalue weighted by Gasteiger charge is 2.20. The quantitative estimate of drug-likeness (QED) is 0.761. The molecule has 0 aliphatic heterocycles. The summed E-state index contributed by atoms with van der Waals surface area (Å²) in [6.45, 7) is 2.06. The number of hydrogen-bond donors (Lipinski definition) is 2. The first kappa shape index (κ1) is 15.2. The molecule has 1 amide bonds. The number of fused-ring (bicyclic) bond motifs is 1. The predicted octanol–water partition coefficient (Wildman–Crippen LogP) is 2.83. The Balaban J connectivity index is 2.23. The van der Waals surface area contributed by atoms with Crippen molar-refractivity contribution in [3.8, 4) is 5.75 Å². The van der Waals surface area contributed by atoms with Crippen LogP contribution in [-0.2, 0) is 24.1 Å². The molecule has 3 aromatic rings. The second kappa shape index (κ2) is 6.16. The number of pyridine rings is 1. The van der Waals surface area contributed by atoms with E-state index in [4.69, 9.17) is 5.73 Å². The van der Waals surface area contributed by atoms with Gasteiger partial charge in [0.05, 0.1) is 11.9 Å². The number of rotatable bonds is 5. The SMILES string of the molecule is CCc1c(CC(N)=O)c2c(O)cccn2c1Cc1ccccc1. The van der Waals surface area contributed by atoms with Gasteiger partial charge in [-0.2, -0.15) is 0 Å². The number of carbonyl (C=O) groups excluding carboxylic acids is 1. The Morgan fingerprint density at radius 2 is 1.87 bits per heavy atom. The van der Waals surface area contributed by atoms with Crippen LogP contribution in [-0.4, -0.2) is 15.4 Å². The summed E-state index contributed by atoms with van der Waals surface area (Å²) in [7, 11) is 0. The van der Waals surface area contributed by atoms with Crippen LogP contribution in [0.4, 0.5) is 0 Å². The zero-order chi connectivity index (χ0) is 16.4. The van der Waals surface area contributed by atoms with E-state index in [2.05, 4.69) is 19.1 Å². The molecule has 0 radical (unpaired) electrons. The number of benzene rings is 1. The molecular weight excluding hydrogens is 288 g/mol. The van der Waals surface area contributed by atoms with E-state index in [9.17, 15) is 9.90 Å². The molecule has 2 heterocycles. The van der Waals surface area contributed by atoms with Crippen molar-refractivity contribution in [2.75, 3.05) is 0 Å². The van der Waals surface area contributed by atoms with Crippen LogP contribution in [0.15, 0.2) is 48.7 Å². The number of aromatic hydroxyl groups is 1. The highest BCUT2D eigenvalue weighted by molar-refractivity contribution is 5.83. The Morgan fingerprint density at radius 3 is 2.52 bits per heavy atom. The summed E-state index contributed by atoms with van der Waals surface area (Å²) in [5.41, 5.74) is 10.3. The maximum absolute atomic E-state index is 11.5. The number of nitrogens with zero attached hydrogens (tertiary/aromatic N) is 1. The van der Waals surface area contributed by atoms with Crippen LogP contribution < -0.4 is 5.73 Å². The number of carbonyl (C=O) groups is 1. The van der Waals surface area contributed by atoms with Crippen LogP contribution in [0.5, 0.6) is 5.75 Å². The van der Waals surface area contributed by atoms with E-state index < -0.39 is 0 Å². The van der Waals surface area contributed by atoms with E-state index in [0.29, 0.717) is 5.52 Å². The fourth-order valence-corrected chi connectivity index (χ4v) is 3.25. The Kier molecular flexibility index (Phi) is 4.06. The van der Waals surface area contributed by atoms with E-state index in [0.717, 1.165) is 29.7 Å². The normalized spacial score (nSPS) is 11.0. The molecule has 0 aliphatic rings. The van der Waals surface area contributed by atoms with Crippen LogP contribution in [0, 0.1) is 0 Å². The summed E-state index contributed by atoms with van der Waals surface area (Å²) in [5.74, 6) is -0.209. The molecule has 0 unspecified atom stereocenters. The summed E-state index contributed by atoms with van der Waals surface area (Å²) in [6, 6.07) is 13.6. The minimum atomic E-state index is -0.387. The third-order valence-corrected chi connectivity index (χ3v) is 4.18. The smallest absolute Gasteiger partial charge is 0.221 e. The molecule has 0 spiro atoms. The van der Waals surface area contributed by atoms with Crippen molar-refractivity contribution in [3.05, 3.63) is 71.0 Å². The molecule has 0 aliphatic carbocycles. The molecule has 0 saturated carbocycles. The molecule has 23 heavy (non-hydrogen) atoms. The number of aromatic nitrogens is 1. The largest absolute Gasteiger partial charge is 0.506 e. The lowest BCUT2D eigenvalue weighted by atomic mass is 10.00. The van der Waals surface area contributed by atoms with E-state index in [1.54, 1.807) is 6.07 Å². The molecule has 2 aromatic heterocycles. The van der Waals surface area contributed by atoms with Crippen LogP contribution >= 0.6 is 0 Å². The van der Waals surface area contributed by atoms with Crippen molar-refractivity contribution in [1.82, 2.24) is 4.40 Å². The lowest BCUT2D eigenvalue weighted by molar-refractivity contribution is -0.117. The molecule has 118 valence electrons. The molecule has 1 aromatic carbocycles. The highest BCUT2D eigenvalue weighted by Crippen LogP contribution is 2.32. The first-order valence-corrected chi connectivity index (χ1v) is 7.76. The summed E-state index contributed by atoms with van der Waals surface area (Å²) >= 11 is 0. The predicted molar refractivity (Wildman–Crippen MR) is 90.6 cm³/mol. The minimum Gasteiger partial charge on any atom is -0.506 e. The van der Waals surface area contributed by atoms with Gasteiger partial charge in [-0.15, -0.1) is 0 Å². The van der Waals surface area contributed by atoms with Crippen LogP contribution in [0.25, 0.3) is 5.52 Å². The van der Waals surface area contributed by atoms with E-state index in [-0.39, 0.29) is 18.1 Å². The lowest BCUT2D eigenvalue weighted by Gasteiger charge is -2.06. The molecule has 0 bridgehead atoms. The topological polar surface area (TPSA) is 67.7 Å². The molecule has 3 N–H and O–H groups in total. The third kappa shape index (κ3) is 2.80. The minimum absolute atomic E-state index is 0.138. The second-order valence-electron chi connectivity index (χ2n) is 5.67. The van der Waals surface area contributed by atoms with Crippen LogP contribution in [0.3, 0.4) is 0 Å². The van der Waals surface area contributed by atoms with E-state index in [1.807, 2.05) is 34.9 Å². The third-order valence-electron chi connectivity index (χ3n) is 4.18. The van der Waals surface area contributed by atoms with Crippen molar-refractivity contribution in [2.45, 2.75) is 26.2 Å². The van der Waals surface area contributed by atoms with Gasteiger partial charge < -0.3 is 15.2 Å². The lowest BCUT2D eigenvalue weighted by Crippen LogP contribution is -2.14. The maximum atomic E-state index is 11.5. The first-order valence-electron chi connectivity index (χ1n) is 7.76. The summed E-state index contributed by atoms with van der Waals surface area (Å²) in [4.78, 5) is 11.5. The Hall–Kier alpha value is -2.75. The molecule has 0 fully saturated rings. The van der Waals surface area contributed by atoms with Gasteiger partial charge in [0.25, 0.3) is 0 Å². The molecule has 0 saturated heterocycles. The maximum Gasteiger partial charge on any atom is 0.221 e. The van der Waals surface area contributed by atoms with Gasteiger partial charge in [-0.3, -0.25) is 4.79 Å². The van der Waals surface area contributed by atoms with Gasteiger partial charge in [-0.05, 0) is 35.2 Å². The van der Waals surface area contributed by atoms with Crippen LogP contribution in [0.2, 0.25) is 0 Å². The molecule has 0 atom stereocenters. The van der Waals surface area contributed by atoms with Gasteiger partial charge >= 0.3 is 0 Å². The molecule has 3 rings (SSSR count). The van der Waals surface area contributed by atoms with E-state index in [1.165, 1.54) is 5.56 Å². The number of amides is 1. The number of nitrogens with two attached hydrogens (primary N) is 1. The van der Waals surface area contributed by atoms with E-state index >= 15 is 0 Å².